The maximum Gasteiger partial charge on any atom is 0.161 e. The summed E-state index contributed by atoms with van der Waals surface area (Å²) in [6.07, 6.45) is 2.16. The van der Waals surface area contributed by atoms with Crippen molar-refractivity contribution in [3.8, 4) is 11.5 Å². The summed E-state index contributed by atoms with van der Waals surface area (Å²) in [5.74, 6) is 1.65. The third-order valence-electron chi connectivity index (χ3n) is 3.33. The van der Waals surface area contributed by atoms with E-state index in [0.29, 0.717) is 18.6 Å². The van der Waals surface area contributed by atoms with Crippen LogP contribution < -0.4 is 9.47 Å². The first kappa shape index (κ1) is 14.5. The molecule has 0 saturated carbocycles. The minimum absolute atomic E-state index is 0.357. The SMILES string of the molecule is CCOc1ccccc1OCCN1CCC(Cl)CC1. The third-order valence-corrected chi connectivity index (χ3v) is 3.77. The van der Waals surface area contributed by atoms with Gasteiger partial charge in [-0.1, -0.05) is 12.1 Å². The van der Waals surface area contributed by atoms with E-state index in [1.165, 1.54) is 0 Å². The number of para-hydroxylation sites is 2. The van der Waals surface area contributed by atoms with Crippen LogP contribution in [-0.2, 0) is 0 Å². The fourth-order valence-corrected chi connectivity index (χ4v) is 2.45. The average Bonchev–Trinajstić information content (AvgIpc) is 2.43. The number of hydrogen-bond acceptors (Lipinski definition) is 3. The lowest BCUT2D eigenvalue weighted by Crippen LogP contribution is -2.36. The van der Waals surface area contributed by atoms with Crippen molar-refractivity contribution in [3.63, 3.8) is 0 Å². The fourth-order valence-electron chi connectivity index (χ4n) is 2.25. The number of benzene rings is 1. The van der Waals surface area contributed by atoms with Crippen LogP contribution in [-0.4, -0.2) is 43.1 Å². The number of halogens is 1. The van der Waals surface area contributed by atoms with E-state index in [1.54, 1.807) is 0 Å². The van der Waals surface area contributed by atoms with Crippen molar-refractivity contribution >= 4 is 11.6 Å². The summed E-state index contributed by atoms with van der Waals surface area (Å²) >= 11 is 6.09. The lowest BCUT2D eigenvalue weighted by molar-refractivity contribution is 0.181. The Bertz CT molecular complexity index is 378. The molecule has 0 N–H and O–H groups in total. The third kappa shape index (κ3) is 4.59. The highest BCUT2D eigenvalue weighted by Crippen LogP contribution is 2.26. The molecule has 0 unspecified atom stereocenters. The van der Waals surface area contributed by atoms with Gasteiger partial charge < -0.3 is 9.47 Å². The van der Waals surface area contributed by atoms with Crippen LogP contribution in [0.15, 0.2) is 24.3 Å². The second-order valence-electron chi connectivity index (χ2n) is 4.74. The molecular formula is C15H22ClNO2. The Balaban J connectivity index is 1.76. The van der Waals surface area contributed by atoms with E-state index in [2.05, 4.69) is 4.90 Å². The van der Waals surface area contributed by atoms with Gasteiger partial charge in [0.1, 0.15) is 6.61 Å². The summed E-state index contributed by atoms with van der Waals surface area (Å²) < 4.78 is 11.4. The number of rotatable bonds is 6. The molecule has 0 aromatic heterocycles. The number of alkyl halides is 1. The molecule has 19 heavy (non-hydrogen) atoms. The van der Waals surface area contributed by atoms with Gasteiger partial charge in [0.2, 0.25) is 0 Å². The van der Waals surface area contributed by atoms with Crippen molar-refractivity contribution in [2.24, 2.45) is 0 Å². The van der Waals surface area contributed by atoms with E-state index >= 15 is 0 Å². The molecule has 1 saturated heterocycles. The van der Waals surface area contributed by atoms with Crippen LogP contribution in [0, 0.1) is 0 Å². The molecule has 0 bridgehead atoms. The van der Waals surface area contributed by atoms with Gasteiger partial charge in [-0.15, -0.1) is 11.6 Å². The normalized spacial score (nSPS) is 17.4. The molecule has 1 fully saturated rings. The van der Waals surface area contributed by atoms with Crippen molar-refractivity contribution in [1.29, 1.82) is 0 Å². The van der Waals surface area contributed by atoms with Crippen molar-refractivity contribution in [2.75, 3.05) is 32.8 Å². The molecule has 0 spiro atoms. The monoisotopic (exact) mass is 283 g/mol. The maximum atomic E-state index is 6.09. The van der Waals surface area contributed by atoms with E-state index in [4.69, 9.17) is 21.1 Å². The highest BCUT2D eigenvalue weighted by Gasteiger charge is 2.16. The van der Waals surface area contributed by atoms with Crippen LogP contribution in [0.4, 0.5) is 0 Å². The van der Waals surface area contributed by atoms with E-state index < -0.39 is 0 Å². The molecule has 1 aromatic carbocycles. The zero-order valence-corrected chi connectivity index (χ0v) is 12.2. The molecule has 1 aliphatic heterocycles. The van der Waals surface area contributed by atoms with Crippen LogP contribution in [0.2, 0.25) is 0 Å². The second-order valence-corrected chi connectivity index (χ2v) is 5.36. The molecule has 1 aliphatic rings. The highest BCUT2D eigenvalue weighted by molar-refractivity contribution is 6.20. The predicted molar refractivity (Wildman–Crippen MR) is 78.4 cm³/mol. The Morgan fingerprint density at radius 1 is 1.16 bits per heavy atom. The Hall–Kier alpha value is -0.930. The Labute approximate surface area is 120 Å². The van der Waals surface area contributed by atoms with E-state index in [0.717, 1.165) is 44.0 Å². The van der Waals surface area contributed by atoms with E-state index in [1.807, 2.05) is 31.2 Å². The zero-order chi connectivity index (χ0) is 13.5. The van der Waals surface area contributed by atoms with Crippen LogP contribution in [0.25, 0.3) is 0 Å². The summed E-state index contributed by atoms with van der Waals surface area (Å²) in [7, 11) is 0. The molecule has 0 atom stereocenters. The van der Waals surface area contributed by atoms with Crippen LogP contribution in [0.1, 0.15) is 19.8 Å². The summed E-state index contributed by atoms with van der Waals surface area (Å²) in [6, 6.07) is 7.83. The summed E-state index contributed by atoms with van der Waals surface area (Å²) in [5.41, 5.74) is 0. The Kier molecular flexibility index (Phi) is 5.80. The first-order valence-corrected chi connectivity index (χ1v) is 7.44. The molecule has 0 amide bonds. The van der Waals surface area contributed by atoms with E-state index in [9.17, 15) is 0 Å². The first-order valence-electron chi connectivity index (χ1n) is 7.00. The molecule has 106 valence electrons. The number of piperidine rings is 1. The molecule has 4 heteroatoms. The minimum Gasteiger partial charge on any atom is -0.490 e. The lowest BCUT2D eigenvalue weighted by atomic mass is 10.1. The summed E-state index contributed by atoms with van der Waals surface area (Å²) in [5, 5.41) is 0.357. The van der Waals surface area contributed by atoms with Crippen molar-refractivity contribution in [3.05, 3.63) is 24.3 Å². The zero-order valence-electron chi connectivity index (χ0n) is 11.5. The molecule has 1 heterocycles. The van der Waals surface area contributed by atoms with Gasteiger partial charge in [-0.25, -0.2) is 0 Å². The fraction of sp³-hybridized carbons (Fsp3) is 0.600. The summed E-state index contributed by atoms with van der Waals surface area (Å²) in [4.78, 5) is 2.40. The lowest BCUT2D eigenvalue weighted by Gasteiger charge is -2.29. The molecule has 3 nitrogen and oxygen atoms in total. The van der Waals surface area contributed by atoms with Gasteiger partial charge in [-0.05, 0) is 45.0 Å². The largest absolute Gasteiger partial charge is 0.490 e. The van der Waals surface area contributed by atoms with Gasteiger partial charge in [-0.2, -0.15) is 0 Å². The number of likely N-dealkylation sites (tertiary alicyclic amines) is 1. The highest BCUT2D eigenvalue weighted by atomic mass is 35.5. The van der Waals surface area contributed by atoms with Crippen LogP contribution in [0.3, 0.4) is 0 Å². The standard InChI is InChI=1S/C15H22ClNO2/c1-2-18-14-5-3-4-6-15(14)19-12-11-17-9-7-13(16)8-10-17/h3-6,13H,2,7-12H2,1H3. The topological polar surface area (TPSA) is 21.7 Å². The number of ether oxygens (including phenoxy) is 2. The van der Waals surface area contributed by atoms with E-state index in [-0.39, 0.29) is 0 Å². The maximum absolute atomic E-state index is 6.09. The van der Waals surface area contributed by atoms with Crippen molar-refractivity contribution in [1.82, 2.24) is 4.90 Å². The van der Waals surface area contributed by atoms with Crippen molar-refractivity contribution in [2.45, 2.75) is 25.1 Å². The second kappa shape index (κ2) is 7.61. The van der Waals surface area contributed by atoms with Gasteiger partial charge in [0.05, 0.1) is 6.61 Å². The molecule has 0 aliphatic carbocycles. The summed E-state index contributed by atoms with van der Waals surface area (Å²) in [6.45, 7) is 6.42. The minimum atomic E-state index is 0.357. The van der Waals surface area contributed by atoms with Crippen molar-refractivity contribution < 1.29 is 9.47 Å². The molecule has 2 rings (SSSR count). The van der Waals surface area contributed by atoms with Gasteiger partial charge in [0.15, 0.2) is 11.5 Å². The first-order chi connectivity index (χ1) is 9.29. The van der Waals surface area contributed by atoms with Crippen LogP contribution >= 0.6 is 11.6 Å². The molecular weight excluding hydrogens is 262 g/mol. The Morgan fingerprint density at radius 2 is 1.79 bits per heavy atom. The van der Waals surface area contributed by atoms with Gasteiger partial charge in [-0.3, -0.25) is 4.90 Å². The molecule has 0 radical (unpaired) electrons. The number of hydrogen-bond donors (Lipinski definition) is 0. The average molecular weight is 284 g/mol. The Morgan fingerprint density at radius 3 is 2.42 bits per heavy atom. The predicted octanol–water partition coefficient (Wildman–Crippen LogP) is 3.17. The van der Waals surface area contributed by atoms with Crippen LogP contribution in [0.5, 0.6) is 11.5 Å². The molecule has 1 aromatic rings. The van der Waals surface area contributed by atoms with Gasteiger partial charge in [0, 0.05) is 11.9 Å². The quantitative estimate of drug-likeness (QED) is 0.749. The van der Waals surface area contributed by atoms with Gasteiger partial charge in [0.25, 0.3) is 0 Å². The van der Waals surface area contributed by atoms with Gasteiger partial charge >= 0.3 is 0 Å². The smallest absolute Gasteiger partial charge is 0.161 e. The number of nitrogens with zero attached hydrogens (tertiary/aromatic N) is 1.